The molecule has 0 aliphatic rings. The Labute approximate surface area is 74.2 Å². The van der Waals surface area contributed by atoms with E-state index in [0.29, 0.717) is 0 Å². The van der Waals surface area contributed by atoms with Crippen molar-refractivity contribution in [1.82, 2.24) is 0 Å². The van der Waals surface area contributed by atoms with Crippen LogP contribution in [0.15, 0.2) is 0 Å². The molecule has 4 N–H and O–H groups in total. The average Bonchev–Trinajstić information content (AvgIpc) is 1.97. The highest BCUT2D eigenvalue weighted by Crippen LogP contribution is 2.08. The van der Waals surface area contributed by atoms with Crippen molar-refractivity contribution >= 4 is 11.8 Å². The van der Waals surface area contributed by atoms with E-state index in [2.05, 4.69) is 0 Å². The van der Waals surface area contributed by atoms with E-state index < -0.39 is 28.7 Å². The molecule has 2 atom stereocenters. The highest BCUT2D eigenvalue weighted by Gasteiger charge is 2.28. The van der Waals surface area contributed by atoms with Crippen LogP contribution >= 0.6 is 0 Å². The molecule has 0 aromatic rings. The lowest BCUT2D eigenvalue weighted by Gasteiger charge is -2.10. The van der Waals surface area contributed by atoms with Gasteiger partial charge in [-0.05, 0) is 0 Å². The van der Waals surface area contributed by atoms with Crippen molar-refractivity contribution in [3.8, 4) is 0 Å². The predicted molar refractivity (Wildman–Crippen MR) is 44.1 cm³/mol. The number of carboxylic acids is 1. The summed E-state index contributed by atoms with van der Waals surface area (Å²) in [6.45, 7) is 1.28. The Kier molecular flexibility index (Phi) is 3.83. The standard InChI is InChI=1S/C6H11N3O4/c1-3(9(12)13)2-4(5(7)8)6(10)11/h3-4H,2H2,1H3,(H3,7,8)(H,10,11). The maximum absolute atomic E-state index is 10.5. The SMILES string of the molecule is CC(CC(C(=N)N)C(=O)O)[N+](=O)[O-]. The van der Waals surface area contributed by atoms with Gasteiger partial charge < -0.3 is 10.8 Å². The first-order valence-corrected chi connectivity index (χ1v) is 3.56. The Bertz CT molecular complexity index is 226. The van der Waals surface area contributed by atoms with Crippen LogP contribution in [0, 0.1) is 21.4 Å². The molecule has 7 nitrogen and oxygen atoms in total. The Balaban J connectivity index is 4.35. The molecule has 74 valence electrons. The second-order valence-electron chi connectivity index (χ2n) is 2.72. The van der Waals surface area contributed by atoms with Crippen LogP contribution in [0.3, 0.4) is 0 Å². The summed E-state index contributed by atoms with van der Waals surface area (Å²) in [6.07, 6.45) is -0.252. The molecule has 0 fully saturated rings. The summed E-state index contributed by atoms with van der Waals surface area (Å²) in [7, 11) is 0. The first-order valence-electron chi connectivity index (χ1n) is 3.56. The molecule has 0 aliphatic heterocycles. The van der Waals surface area contributed by atoms with Gasteiger partial charge in [0.2, 0.25) is 6.04 Å². The molecule has 0 bridgehead atoms. The minimum Gasteiger partial charge on any atom is -0.481 e. The van der Waals surface area contributed by atoms with Crippen molar-refractivity contribution in [1.29, 1.82) is 5.41 Å². The molecule has 0 radical (unpaired) electrons. The quantitative estimate of drug-likeness (QED) is 0.236. The van der Waals surface area contributed by atoms with Crippen LogP contribution in [0.25, 0.3) is 0 Å². The van der Waals surface area contributed by atoms with Crippen molar-refractivity contribution in [2.45, 2.75) is 19.4 Å². The van der Waals surface area contributed by atoms with Gasteiger partial charge >= 0.3 is 5.97 Å². The van der Waals surface area contributed by atoms with Gasteiger partial charge in [-0.25, -0.2) is 0 Å². The highest BCUT2D eigenvalue weighted by molar-refractivity contribution is 5.97. The molecule has 0 heterocycles. The minimum atomic E-state index is -1.30. The van der Waals surface area contributed by atoms with E-state index in [1.54, 1.807) is 0 Å². The number of carboxylic acid groups (broad SMARTS) is 1. The van der Waals surface area contributed by atoms with Crippen LogP contribution in [0.1, 0.15) is 13.3 Å². The third-order valence-corrected chi connectivity index (χ3v) is 1.61. The zero-order chi connectivity index (χ0) is 10.6. The number of aliphatic carboxylic acids is 1. The molecule has 0 aromatic heterocycles. The van der Waals surface area contributed by atoms with Crippen molar-refractivity contribution in [2.24, 2.45) is 11.7 Å². The Morgan fingerprint density at radius 1 is 1.77 bits per heavy atom. The summed E-state index contributed by atoms with van der Waals surface area (Å²) in [5, 5.41) is 25.6. The maximum Gasteiger partial charge on any atom is 0.314 e. The molecule has 0 saturated heterocycles. The van der Waals surface area contributed by atoms with E-state index in [4.69, 9.17) is 16.2 Å². The number of hydrogen-bond donors (Lipinski definition) is 3. The molecule has 0 aromatic carbocycles. The third kappa shape index (κ3) is 3.50. The number of carbonyl (C=O) groups is 1. The van der Waals surface area contributed by atoms with Gasteiger partial charge in [-0.2, -0.15) is 0 Å². The van der Waals surface area contributed by atoms with Gasteiger partial charge in [0.25, 0.3) is 0 Å². The lowest BCUT2D eigenvalue weighted by atomic mass is 10.0. The zero-order valence-electron chi connectivity index (χ0n) is 7.06. The number of hydrogen-bond acceptors (Lipinski definition) is 4. The molecule has 0 rings (SSSR count). The topological polar surface area (TPSA) is 130 Å². The molecule has 7 heteroatoms. The number of amidine groups is 1. The summed E-state index contributed by atoms with van der Waals surface area (Å²) in [5.74, 6) is -3.12. The summed E-state index contributed by atoms with van der Waals surface area (Å²) >= 11 is 0. The summed E-state index contributed by atoms with van der Waals surface area (Å²) in [4.78, 5) is 20.0. The van der Waals surface area contributed by atoms with Crippen LogP contribution in [0.4, 0.5) is 0 Å². The van der Waals surface area contributed by atoms with E-state index in [9.17, 15) is 14.9 Å². The van der Waals surface area contributed by atoms with Crippen LogP contribution in [-0.4, -0.2) is 27.9 Å². The summed E-state index contributed by atoms with van der Waals surface area (Å²) < 4.78 is 0. The molecule has 0 saturated carbocycles. The Morgan fingerprint density at radius 2 is 2.23 bits per heavy atom. The first kappa shape index (κ1) is 11.3. The fourth-order valence-electron chi connectivity index (χ4n) is 0.788. The average molecular weight is 189 g/mol. The Hall–Kier alpha value is -1.66. The van der Waals surface area contributed by atoms with Crippen LogP contribution in [-0.2, 0) is 4.79 Å². The molecule has 0 spiro atoms. The van der Waals surface area contributed by atoms with E-state index in [1.807, 2.05) is 0 Å². The second kappa shape index (κ2) is 4.39. The van der Waals surface area contributed by atoms with Gasteiger partial charge in [0, 0.05) is 18.3 Å². The zero-order valence-corrected chi connectivity index (χ0v) is 7.06. The van der Waals surface area contributed by atoms with Crippen molar-refractivity contribution in [3.63, 3.8) is 0 Å². The van der Waals surface area contributed by atoms with Crippen LogP contribution in [0.2, 0.25) is 0 Å². The highest BCUT2D eigenvalue weighted by atomic mass is 16.6. The van der Waals surface area contributed by atoms with E-state index in [1.165, 1.54) is 6.92 Å². The van der Waals surface area contributed by atoms with E-state index >= 15 is 0 Å². The Morgan fingerprint density at radius 3 is 2.46 bits per heavy atom. The van der Waals surface area contributed by atoms with E-state index in [0.717, 1.165) is 0 Å². The van der Waals surface area contributed by atoms with Crippen molar-refractivity contribution in [3.05, 3.63) is 10.1 Å². The van der Waals surface area contributed by atoms with Gasteiger partial charge in [-0.15, -0.1) is 0 Å². The van der Waals surface area contributed by atoms with Crippen LogP contribution < -0.4 is 5.73 Å². The van der Waals surface area contributed by atoms with Gasteiger partial charge in [-0.3, -0.25) is 20.3 Å². The predicted octanol–water partition coefficient (Wildman–Crippen LogP) is -0.322. The second-order valence-corrected chi connectivity index (χ2v) is 2.72. The largest absolute Gasteiger partial charge is 0.481 e. The number of nitrogens with one attached hydrogen (secondary N) is 1. The van der Waals surface area contributed by atoms with E-state index in [-0.39, 0.29) is 6.42 Å². The third-order valence-electron chi connectivity index (χ3n) is 1.61. The normalized spacial score (nSPS) is 14.5. The lowest BCUT2D eigenvalue weighted by Crippen LogP contribution is -2.34. The fraction of sp³-hybridized carbons (Fsp3) is 0.667. The number of rotatable bonds is 5. The number of nitrogens with zero attached hydrogens (tertiary/aromatic N) is 1. The smallest absolute Gasteiger partial charge is 0.314 e. The van der Waals surface area contributed by atoms with Crippen LogP contribution in [0.5, 0.6) is 0 Å². The fourth-order valence-corrected chi connectivity index (χ4v) is 0.788. The summed E-state index contributed by atoms with van der Waals surface area (Å²) in [5.41, 5.74) is 4.97. The monoisotopic (exact) mass is 189 g/mol. The molecular weight excluding hydrogens is 178 g/mol. The van der Waals surface area contributed by atoms with Gasteiger partial charge in [0.15, 0.2) is 0 Å². The molecule has 0 aliphatic carbocycles. The maximum atomic E-state index is 10.5. The summed E-state index contributed by atoms with van der Waals surface area (Å²) in [6, 6.07) is -1.01. The number of nitrogens with two attached hydrogens (primary N) is 1. The minimum absolute atomic E-state index is 0.252. The van der Waals surface area contributed by atoms with Gasteiger partial charge in [-0.1, -0.05) is 0 Å². The van der Waals surface area contributed by atoms with Gasteiger partial charge in [0.05, 0.1) is 0 Å². The molecular formula is C6H11N3O4. The molecule has 2 unspecified atom stereocenters. The van der Waals surface area contributed by atoms with Gasteiger partial charge in [0.1, 0.15) is 11.8 Å². The number of nitro groups is 1. The molecule has 0 amide bonds. The van der Waals surface area contributed by atoms with Crippen molar-refractivity contribution < 1.29 is 14.8 Å². The van der Waals surface area contributed by atoms with Crippen molar-refractivity contribution in [2.75, 3.05) is 0 Å². The molecule has 13 heavy (non-hydrogen) atoms. The first-order chi connectivity index (χ1) is 5.86. The lowest BCUT2D eigenvalue weighted by molar-refractivity contribution is -0.519.